The van der Waals surface area contributed by atoms with Crippen molar-refractivity contribution in [2.24, 2.45) is 5.92 Å². The van der Waals surface area contributed by atoms with Crippen LogP contribution in [0.2, 0.25) is 0 Å². The molecule has 19 heteroatoms. The average Bonchev–Trinajstić information content (AvgIpc) is 3.68. The van der Waals surface area contributed by atoms with Gasteiger partial charge in [-0.1, -0.05) is 0 Å². The van der Waals surface area contributed by atoms with Crippen LogP contribution in [0.4, 0.5) is 0 Å². The van der Waals surface area contributed by atoms with Crippen LogP contribution in [0, 0.1) is 5.92 Å². The van der Waals surface area contributed by atoms with Gasteiger partial charge >= 0.3 is 0 Å². The van der Waals surface area contributed by atoms with Crippen molar-refractivity contribution >= 4 is 0 Å². The minimum Gasteiger partial charge on any atom is -0.296 e. The Bertz CT molecular complexity index is 1020. The SMILES string of the molecule is C1CN(Cc2nnn[nH]2)CCC1CN(CCN(Cc1nnn[nH]1)Cc1nnn[nH]1)Cc1nnn[nH]1. The van der Waals surface area contributed by atoms with E-state index in [1.165, 1.54) is 0 Å². The topological polar surface area (TPSA) is 228 Å². The number of nitrogens with one attached hydrogen (secondary N) is 4. The van der Waals surface area contributed by atoms with E-state index >= 15 is 0 Å². The lowest BCUT2D eigenvalue weighted by Crippen LogP contribution is -2.41. The molecule has 0 radical (unpaired) electrons. The zero-order valence-electron chi connectivity index (χ0n) is 19.1. The molecule has 4 aromatic heterocycles. The highest BCUT2D eigenvalue weighted by molar-refractivity contribution is 4.85. The van der Waals surface area contributed by atoms with Gasteiger partial charge < -0.3 is 0 Å². The molecule has 1 saturated heterocycles. The molecule has 1 fully saturated rings. The first kappa shape index (κ1) is 22.9. The summed E-state index contributed by atoms with van der Waals surface area (Å²) in [6.07, 6.45) is 2.20. The van der Waals surface area contributed by atoms with Crippen molar-refractivity contribution < 1.29 is 0 Å². The number of hydrogen-bond acceptors (Lipinski definition) is 15. The third-order valence-electron chi connectivity index (χ3n) is 6.01. The van der Waals surface area contributed by atoms with Crippen molar-refractivity contribution in [1.29, 1.82) is 0 Å². The molecule has 19 nitrogen and oxygen atoms in total. The van der Waals surface area contributed by atoms with E-state index in [1.807, 2.05) is 0 Å². The van der Waals surface area contributed by atoms with Crippen molar-refractivity contribution in [3.05, 3.63) is 23.3 Å². The van der Waals surface area contributed by atoms with Crippen molar-refractivity contribution in [3.63, 3.8) is 0 Å². The fourth-order valence-electron chi connectivity index (χ4n) is 4.25. The first-order valence-corrected chi connectivity index (χ1v) is 11.4. The molecule has 0 spiro atoms. The number of tetrazole rings is 4. The van der Waals surface area contributed by atoms with E-state index in [0.717, 1.165) is 63.8 Å². The minimum atomic E-state index is 0.542. The summed E-state index contributed by atoms with van der Waals surface area (Å²) in [6, 6.07) is 0. The highest BCUT2D eigenvalue weighted by Gasteiger charge is 2.23. The van der Waals surface area contributed by atoms with Gasteiger partial charge in [-0.25, -0.2) is 20.4 Å². The van der Waals surface area contributed by atoms with E-state index in [9.17, 15) is 0 Å². The number of hydrogen-bond donors (Lipinski definition) is 4. The first-order valence-electron chi connectivity index (χ1n) is 11.4. The molecule has 0 atom stereocenters. The summed E-state index contributed by atoms with van der Waals surface area (Å²) >= 11 is 0. The molecule has 0 bridgehead atoms. The summed E-state index contributed by atoms with van der Waals surface area (Å²) in [4.78, 5) is 6.94. The van der Waals surface area contributed by atoms with E-state index in [4.69, 9.17) is 0 Å². The number of H-pyrrole nitrogens is 4. The number of piperidine rings is 1. The maximum atomic E-state index is 4.09. The van der Waals surface area contributed by atoms with E-state index in [-0.39, 0.29) is 0 Å². The minimum absolute atomic E-state index is 0.542. The maximum Gasteiger partial charge on any atom is 0.162 e. The molecular weight excluding hydrogens is 458 g/mol. The highest BCUT2D eigenvalue weighted by atomic mass is 15.5. The van der Waals surface area contributed by atoms with Gasteiger partial charge in [-0.3, -0.25) is 14.7 Å². The van der Waals surface area contributed by atoms with E-state index in [2.05, 4.69) is 97.2 Å². The molecule has 35 heavy (non-hydrogen) atoms. The van der Waals surface area contributed by atoms with Crippen LogP contribution < -0.4 is 0 Å². The zero-order chi connectivity index (χ0) is 23.7. The monoisotopic (exact) mass is 485 g/mol. The highest BCUT2D eigenvalue weighted by Crippen LogP contribution is 2.20. The van der Waals surface area contributed by atoms with Crippen molar-refractivity contribution in [2.75, 3.05) is 32.7 Å². The van der Waals surface area contributed by atoms with E-state index < -0.39 is 0 Å². The summed E-state index contributed by atoms with van der Waals surface area (Å²) in [5.74, 6) is 3.47. The van der Waals surface area contributed by atoms with Crippen molar-refractivity contribution in [3.8, 4) is 0 Å². The predicted molar refractivity (Wildman–Crippen MR) is 114 cm³/mol. The molecule has 0 amide bonds. The maximum absolute atomic E-state index is 4.09. The molecule has 5 heterocycles. The molecule has 4 aromatic rings. The van der Waals surface area contributed by atoms with Gasteiger partial charge in [0.15, 0.2) is 23.3 Å². The van der Waals surface area contributed by atoms with Crippen molar-refractivity contribution in [1.82, 2.24) is 97.2 Å². The van der Waals surface area contributed by atoms with Gasteiger partial charge in [-0.05, 0) is 73.6 Å². The van der Waals surface area contributed by atoms with Gasteiger partial charge in [0, 0.05) is 19.6 Å². The summed E-state index contributed by atoms with van der Waals surface area (Å²) in [5, 5.41) is 56.9. The smallest absolute Gasteiger partial charge is 0.162 e. The fraction of sp³-hybridized carbons (Fsp3) is 0.750. The second kappa shape index (κ2) is 11.5. The summed E-state index contributed by atoms with van der Waals surface area (Å²) in [7, 11) is 0. The quantitative estimate of drug-likeness (QED) is 0.149. The molecule has 0 aliphatic carbocycles. The number of aromatic amines is 4. The van der Waals surface area contributed by atoms with E-state index in [0.29, 0.717) is 37.2 Å². The van der Waals surface area contributed by atoms with Crippen LogP contribution in [0.1, 0.15) is 36.1 Å². The van der Waals surface area contributed by atoms with Gasteiger partial charge in [0.1, 0.15) is 0 Å². The van der Waals surface area contributed by atoms with Crippen LogP contribution >= 0.6 is 0 Å². The molecule has 1 aliphatic rings. The standard InChI is InChI=1S/C16H27N19/c1-3-33(8-13-17-25-26-18-13)4-2-12(1)7-34(9-14-19-27-28-20-14)5-6-35(10-15-21-29-30-22-15)11-16-23-31-32-24-16/h12H,1-11H2,(H,17,18,25,26)(H,19,20,27,28)(H,21,22,29,30)(H,23,24,31,32). The van der Waals surface area contributed by atoms with Gasteiger partial charge in [0.25, 0.3) is 0 Å². The normalized spacial score (nSPS) is 15.5. The Hall–Kier alpha value is -3.84. The second-order valence-electron chi connectivity index (χ2n) is 8.56. The Labute approximate surface area is 198 Å². The van der Waals surface area contributed by atoms with Crippen LogP contribution in [0.5, 0.6) is 0 Å². The summed E-state index contributed by atoms with van der Waals surface area (Å²) in [6.45, 7) is 6.97. The predicted octanol–water partition coefficient (Wildman–Crippen LogP) is -2.84. The van der Waals surface area contributed by atoms with Gasteiger partial charge in [0.2, 0.25) is 0 Å². The lowest BCUT2D eigenvalue weighted by Gasteiger charge is -2.34. The molecular formula is C16H27N19. The molecule has 0 saturated carbocycles. The Morgan fingerprint density at radius 3 is 1.57 bits per heavy atom. The Kier molecular flexibility index (Phi) is 7.55. The Balaban J connectivity index is 1.17. The largest absolute Gasteiger partial charge is 0.296 e. The van der Waals surface area contributed by atoms with Crippen LogP contribution in [0.25, 0.3) is 0 Å². The van der Waals surface area contributed by atoms with Gasteiger partial charge in [-0.15, -0.1) is 20.4 Å². The second-order valence-corrected chi connectivity index (χ2v) is 8.56. The summed E-state index contributed by atoms with van der Waals surface area (Å²) in [5.41, 5.74) is 0. The molecule has 1 aliphatic heterocycles. The first-order chi connectivity index (χ1) is 17.3. The number of aromatic nitrogens is 16. The van der Waals surface area contributed by atoms with Crippen molar-refractivity contribution in [2.45, 2.75) is 39.0 Å². The fourth-order valence-corrected chi connectivity index (χ4v) is 4.25. The molecule has 4 N–H and O–H groups in total. The number of likely N-dealkylation sites (tertiary alicyclic amines) is 1. The number of rotatable bonds is 13. The molecule has 186 valence electrons. The van der Waals surface area contributed by atoms with Gasteiger partial charge in [0.05, 0.1) is 26.2 Å². The molecule has 0 unspecified atom stereocenters. The average molecular weight is 486 g/mol. The molecule has 5 rings (SSSR count). The van der Waals surface area contributed by atoms with Gasteiger partial charge in [-0.2, -0.15) is 0 Å². The van der Waals surface area contributed by atoms with Crippen LogP contribution in [0.3, 0.4) is 0 Å². The van der Waals surface area contributed by atoms with E-state index in [1.54, 1.807) is 0 Å². The Morgan fingerprint density at radius 2 is 1.09 bits per heavy atom. The van der Waals surface area contributed by atoms with Crippen LogP contribution in [0.15, 0.2) is 0 Å². The van der Waals surface area contributed by atoms with Crippen LogP contribution in [-0.2, 0) is 26.2 Å². The van der Waals surface area contributed by atoms with Crippen LogP contribution in [-0.4, -0.2) is 130 Å². The number of nitrogens with zero attached hydrogens (tertiary/aromatic N) is 15. The summed E-state index contributed by atoms with van der Waals surface area (Å²) < 4.78 is 0. The Morgan fingerprint density at radius 1 is 0.629 bits per heavy atom. The molecule has 0 aromatic carbocycles. The third kappa shape index (κ3) is 6.83. The zero-order valence-corrected chi connectivity index (χ0v) is 19.1. The third-order valence-corrected chi connectivity index (χ3v) is 6.01. The lowest BCUT2D eigenvalue weighted by atomic mass is 9.96. The lowest BCUT2D eigenvalue weighted by molar-refractivity contribution is 0.119.